The first kappa shape index (κ1) is 17.9. The maximum absolute atomic E-state index is 12.9. The molecule has 0 bridgehead atoms. The molecule has 4 nitrogen and oxygen atoms in total. The van der Waals surface area contributed by atoms with Crippen molar-refractivity contribution in [2.24, 2.45) is 0 Å². The highest BCUT2D eigenvalue weighted by Crippen LogP contribution is 2.34. The van der Waals surface area contributed by atoms with Crippen LogP contribution in [0.4, 0.5) is 0 Å². The van der Waals surface area contributed by atoms with Gasteiger partial charge in [-0.2, -0.15) is 0 Å². The molecular weight excluding hydrogens is 422 g/mol. The SMILES string of the molecule is Cc1ccccc1Cn1c(C(=O)NCc2cccnc2)cc2scc(Br)c21. The number of halogens is 1. The molecule has 0 atom stereocenters. The van der Waals surface area contributed by atoms with Gasteiger partial charge in [0.05, 0.1) is 14.7 Å². The van der Waals surface area contributed by atoms with Crippen LogP contribution in [0.3, 0.4) is 0 Å². The number of carbonyl (C=O) groups excluding carboxylic acids is 1. The molecular formula is C21H18BrN3OS. The van der Waals surface area contributed by atoms with Gasteiger partial charge < -0.3 is 9.88 Å². The Morgan fingerprint density at radius 1 is 1.26 bits per heavy atom. The zero-order valence-corrected chi connectivity index (χ0v) is 17.2. The Morgan fingerprint density at radius 3 is 2.89 bits per heavy atom. The number of aryl methyl sites for hydroxylation is 1. The number of hydrogen-bond acceptors (Lipinski definition) is 3. The molecule has 0 aliphatic rings. The van der Waals surface area contributed by atoms with Gasteiger partial charge in [-0.1, -0.05) is 30.3 Å². The maximum atomic E-state index is 12.9. The summed E-state index contributed by atoms with van der Waals surface area (Å²) in [4.78, 5) is 17.0. The molecule has 0 spiro atoms. The molecule has 4 aromatic rings. The maximum Gasteiger partial charge on any atom is 0.268 e. The minimum absolute atomic E-state index is 0.0808. The van der Waals surface area contributed by atoms with Gasteiger partial charge in [-0.3, -0.25) is 9.78 Å². The molecule has 3 aromatic heterocycles. The number of pyridine rings is 1. The first-order valence-electron chi connectivity index (χ1n) is 8.61. The van der Waals surface area contributed by atoms with Crippen LogP contribution >= 0.6 is 27.3 Å². The number of fused-ring (bicyclic) bond motifs is 1. The minimum atomic E-state index is -0.0808. The fraction of sp³-hybridized carbons (Fsp3) is 0.143. The molecule has 0 saturated carbocycles. The van der Waals surface area contributed by atoms with E-state index in [1.807, 2.05) is 30.3 Å². The van der Waals surface area contributed by atoms with Crippen LogP contribution in [0.5, 0.6) is 0 Å². The van der Waals surface area contributed by atoms with Crippen molar-refractivity contribution >= 4 is 43.4 Å². The second-order valence-corrected chi connectivity index (χ2v) is 8.15. The van der Waals surface area contributed by atoms with Crippen LogP contribution in [0.15, 0.2) is 64.7 Å². The molecule has 0 radical (unpaired) electrons. The summed E-state index contributed by atoms with van der Waals surface area (Å²) in [5, 5.41) is 5.08. The van der Waals surface area contributed by atoms with Crippen molar-refractivity contribution in [2.45, 2.75) is 20.0 Å². The first-order valence-corrected chi connectivity index (χ1v) is 10.3. The van der Waals surface area contributed by atoms with E-state index in [0.29, 0.717) is 18.8 Å². The van der Waals surface area contributed by atoms with E-state index >= 15 is 0 Å². The van der Waals surface area contributed by atoms with Gasteiger partial charge >= 0.3 is 0 Å². The Kier molecular flexibility index (Phi) is 5.09. The third-order valence-electron chi connectivity index (χ3n) is 4.58. The quantitative estimate of drug-likeness (QED) is 0.467. The van der Waals surface area contributed by atoms with Gasteiger partial charge in [0.1, 0.15) is 5.69 Å². The van der Waals surface area contributed by atoms with E-state index in [9.17, 15) is 4.79 Å². The molecule has 0 aliphatic carbocycles. The Balaban J connectivity index is 1.67. The van der Waals surface area contributed by atoms with Crippen molar-refractivity contribution < 1.29 is 4.79 Å². The summed E-state index contributed by atoms with van der Waals surface area (Å²) < 4.78 is 4.21. The van der Waals surface area contributed by atoms with Crippen molar-refractivity contribution in [3.8, 4) is 0 Å². The number of hydrogen-bond donors (Lipinski definition) is 1. The zero-order valence-electron chi connectivity index (χ0n) is 14.8. The van der Waals surface area contributed by atoms with Crippen molar-refractivity contribution in [2.75, 3.05) is 0 Å². The van der Waals surface area contributed by atoms with E-state index in [2.05, 4.69) is 55.2 Å². The number of benzene rings is 1. The number of nitrogens with zero attached hydrogens (tertiary/aromatic N) is 2. The molecule has 1 N–H and O–H groups in total. The van der Waals surface area contributed by atoms with Crippen LogP contribution < -0.4 is 5.32 Å². The monoisotopic (exact) mass is 439 g/mol. The molecule has 136 valence electrons. The largest absolute Gasteiger partial charge is 0.347 e. The molecule has 0 saturated heterocycles. The third kappa shape index (κ3) is 3.68. The van der Waals surface area contributed by atoms with E-state index < -0.39 is 0 Å². The van der Waals surface area contributed by atoms with Crippen molar-refractivity contribution in [1.82, 2.24) is 14.9 Å². The van der Waals surface area contributed by atoms with E-state index in [1.54, 1.807) is 23.7 Å². The first-order chi connectivity index (χ1) is 13.1. The minimum Gasteiger partial charge on any atom is -0.347 e. The number of nitrogens with one attached hydrogen (secondary N) is 1. The number of carbonyl (C=O) groups is 1. The lowest BCUT2D eigenvalue weighted by atomic mass is 10.1. The van der Waals surface area contributed by atoms with Gasteiger partial charge in [0, 0.05) is 30.9 Å². The molecule has 0 aliphatic heterocycles. The second kappa shape index (κ2) is 7.66. The Hall–Kier alpha value is -2.44. The highest BCUT2D eigenvalue weighted by atomic mass is 79.9. The number of thiophene rings is 1. The molecule has 0 fully saturated rings. The van der Waals surface area contributed by atoms with E-state index in [4.69, 9.17) is 0 Å². The van der Waals surface area contributed by atoms with Crippen LogP contribution in [0.1, 0.15) is 27.2 Å². The summed E-state index contributed by atoms with van der Waals surface area (Å²) >= 11 is 5.28. The molecule has 1 amide bonds. The number of amides is 1. The number of aromatic nitrogens is 2. The Bertz CT molecular complexity index is 1100. The average molecular weight is 440 g/mol. The topological polar surface area (TPSA) is 46.9 Å². The molecule has 27 heavy (non-hydrogen) atoms. The van der Waals surface area contributed by atoms with Gasteiger partial charge in [-0.25, -0.2) is 0 Å². The standard InChI is InChI=1S/C21H18BrN3OS/c1-14-5-2-3-7-16(14)12-25-18(9-19-20(25)17(22)13-27-19)21(26)24-11-15-6-4-8-23-10-15/h2-10,13H,11-12H2,1H3,(H,24,26). The third-order valence-corrected chi connectivity index (χ3v) is 6.40. The van der Waals surface area contributed by atoms with Gasteiger partial charge in [-0.15, -0.1) is 11.3 Å². The van der Waals surface area contributed by atoms with E-state index in [1.165, 1.54) is 11.1 Å². The van der Waals surface area contributed by atoms with Gasteiger partial charge in [0.15, 0.2) is 0 Å². The summed E-state index contributed by atoms with van der Waals surface area (Å²) in [6.45, 7) is 3.21. The molecule has 3 heterocycles. The molecule has 4 rings (SSSR count). The summed E-state index contributed by atoms with van der Waals surface area (Å²) in [6.07, 6.45) is 3.49. The lowest BCUT2D eigenvalue weighted by Crippen LogP contribution is -2.25. The van der Waals surface area contributed by atoms with E-state index in [-0.39, 0.29) is 5.91 Å². The van der Waals surface area contributed by atoms with Crippen LogP contribution in [-0.2, 0) is 13.1 Å². The predicted molar refractivity (Wildman–Crippen MR) is 113 cm³/mol. The highest BCUT2D eigenvalue weighted by molar-refractivity contribution is 9.10. The summed E-state index contributed by atoms with van der Waals surface area (Å²) in [5.41, 5.74) is 5.13. The lowest BCUT2D eigenvalue weighted by Gasteiger charge is -2.13. The Morgan fingerprint density at radius 2 is 2.11 bits per heavy atom. The van der Waals surface area contributed by atoms with Gasteiger partial charge in [-0.05, 0) is 51.7 Å². The fourth-order valence-corrected chi connectivity index (χ4v) is 4.81. The average Bonchev–Trinajstić information content (AvgIpc) is 3.23. The normalized spacial score (nSPS) is 11.0. The van der Waals surface area contributed by atoms with Gasteiger partial charge in [0.2, 0.25) is 0 Å². The predicted octanol–water partition coefficient (Wildman–Crippen LogP) is 5.15. The Labute approximate surface area is 170 Å². The van der Waals surface area contributed by atoms with Crippen LogP contribution in [0.25, 0.3) is 10.2 Å². The molecule has 1 aromatic carbocycles. The van der Waals surface area contributed by atoms with E-state index in [0.717, 1.165) is 20.3 Å². The summed E-state index contributed by atoms with van der Waals surface area (Å²) in [5.74, 6) is -0.0808. The number of rotatable bonds is 5. The lowest BCUT2D eigenvalue weighted by molar-refractivity contribution is 0.0942. The molecule has 0 unspecified atom stereocenters. The van der Waals surface area contributed by atoms with Crippen LogP contribution in [0.2, 0.25) is 0 Å². The van der Waals surface area contributed by atoms with Crippen LogP contribution in [0, 0.1) is 6.92 Å². The highest BCUT2D eigenvalue weighted by Gasteiger charge is 2.19. The second-order valence-electron chi connectivity index (χ2n) is 6.38. The smallest absolute Gasteiger partial charge is 0.268 e. The van der Waals surface area contributed by atoms with Gasteiger partial charge in [0.25, 0.3) is 5.91 Å². The van der Waals surface area contributed by atoms with Crippen molar-refractivity contribution in [1.29, 1.82) is 0 Å². The fourth-order valence-electron chi connectivity index (χ4n) is 3.12. The van der Waals surface area contributed by atoms with Crippen molar-refractivity contribution in [3.05, 3.63) is 87.1 Å². The zero-order chi connectivity index (χ0) is 18.8. The molecule has 6 heteroatoms. The van der Waals surface area contributed by atoms with Crippen LogP contribution in [-0.4, -0.2) is 15.5 Å². The summed E-state index contributed by atoms with van der Waals surface area (Å²) in [6, 6.07) is 14.1. The van der Waals surface area contributed by atoms with Crippen molar-refractivity contribution in [3.63, 3.8) is 0 Å². The summed E-state index contributed by atoms with van der Waals surface area (Å²) in [7, 11) is 0.